The predicted molar refractivity (Wildman–Crippen MR) is 170 cm³/mol. The maximum atomic E-state index is 15.8. The molecule has 0 bridgehead atoms. The summed E-state index contributed by atoms with van der Waals surface area (Å²) in [5.41, 5.74) is 5.74. The van der Waals surface area contributed by atoms with Crippen molar-refractivity contribution in [1.82, 2.24) is 14.7 Å². The number of halogens is 2. The second-order valence-electron chi connectivity index (χ2n) is 11.2. The number of piperazine rings is 1. The Bertz CT molecular complexity index is 1920. The van der Waals surface area contributed by atoms with Crippen LogP contribution >= 0.6 is 0 Å². The molecule has 0 aliphatic carbocycles. The summed E-state index contributed by atoms with van der Waals surface area (Å²) in [5.74, 6) is 1.55. The first-order valence-electron chi connectivity index (χ1n) is 14.8. The zero-order valence-corrected chi connectivity index (χ0v) is 24.1. The van der Waals surface area contributed by atoms with Crippen LogP contribution in [0.15, 0.2) is 113 Å². The minimum atomic E-state index is -0.511. The zero-order chi connectivity index (χ0) is 29.8. The Kier molecular flexibility index (Phi) is 6.25. The van der Waals surface area contributed by atoms with Crippen molar-refractivity contribution in [3.63, 3.8) is 0 Å². The van der Waals surface area contributed by atoms with Crippen molar-refractivity contribution in [1.29, 1.82) is 0 Å². The highest BCUT2D eigenvalue weighted by Crippen LogP contribution is 2.48. The van der Waals surface area contributed by atoms with E-state index >= 15 is 4.39 Å². The molecule has 8 rings (SSSR count). The first kappa shape index (κ1) is 26.3. The lowest BCUT2D eigenvalue weighted by Crippen LogP contribution is -2.55. The van der Waals surface area contributed by atoms with Crippen LogP contribution in [0, 0.1) is 18.6 Å². The summed E-state index contributed by atoms with van der Waals surface area (Å²) in [4.78, 5) is 17.1. The normalized spacial score (nSPS) is 17.4. The first-order chi connectivity index (χ1) is 21.6. The summed E-state index contributed by atoms with van der Waals surface area (Å²) in [5, 5.41) is 4.94. The summed E-state index contributed by atoms with van der Waals surface area (Å²) in [6.07, 6.45) is 0. The summed E-state index contributed by atoms with van der Waals surface area (Å²) in [7, 11) is 0. The van der Waals surface area contributed by atoms with Gasteiger partial charge in [-0.05, 0) is 61.5 Å². The van der Waals surface area contributed by atoms with Gasteiger partial charge in [-0.3, -0.25) is 0 Å². The zero-order valence-electron chi connectivity index (χ0n) is 24.1. The van der Waals surface area contributed by atoms with Crippen molar-refractivity contribution in [3.8, 4) is 5.69 Å². The average Bonchev–Trinajstić information content (AvgIpc) is 3.40. The van der Waals surface area contributed by atoms with Crippen molar-refractivity contribution in [2.75, 3.05) is 36.0 Å². The van der Waals surface area contributed by atoms with Crippen LogP contribution in [0.1, 0.15) is 22.9 Å². The molecule has 7 nitrogen and oxygen atoms in total. The lowest BCUT2D eigenvalue weighted by molar-refractivity contribution is 0.389. The number of benzene rings is 4. The van der Waals surface area contributed by atoms with E-state index in [1.165, 1.54) is 18.2 Å². The van der Waals surface area contributed by atoms with Gasteiger partial charge in [0.15, 0.2) is 17.5 Å². The lowest BCUT2D eigenvalue weighted by Gasteiger charge is -2.44. The number of hydrogen-bond acceptors (Lipinski definition) is 6. The monoisotopic (exact) mass is 585 g/mol. The molecule has 1 saturated heterocycles. The average molecular weight is 586 g/mol. The summed E-state index contributed by atoms with van der Waals surface area (Å²) in [6, 6.07) is 30.9. The number of aliphatic imine (C=N–C) groups is 2. The fraction of sp³-hybridized carbons (Fsp3) is 0.171. The molecule has 4 heterocycles. The number of anilines is 2. The first-order valence-corrected chi connectivity index (χ1v) is 14.8. The molecule has 0 unspecified atom stereocenters. The topological polar surface area (TPSA) is 52.3 Å². The molecule has 0 N–H and O–H groups in total. The summed E-state index contributed by atoms with van der Waals surface area (Å²) < 4.78 is 31.2. The Morgan fingerprint density at radius 2 is 1.34 bits per heavy atom. The number of rotatable bonds is 3. The van der Waals surface area contributed by atoms with Crippen LogP contribution in [-0.4, -0.2) is 52.5 Å². The lowest BCUT2D eigenvalue weighted by atomic mass is 9.93. The molecule has 5 aromatic rings. The van der Waals surface area contributed by atoms with Gasteiger partial charge in [-0.1, -0.05) is 48.5 Å². The third kappa shape index (κ3) is 4.26. The molecule has 9 heteroatoms. The fourth-order valence-electron chi connectivity index (χ4n) is 6.48. The number of aryl methyl sites for hydroxylation is 1. The van der Waals surface area contributed by atoms with Gasteiger partial charge in [0.2, 0.25) is 0 Å². The van der Waals surface area contributed by atoms with E-state index in [9.17, 15) is 4.39 Å². The summed E-state index contributed by atoms with van der Waals surface area (Å²) in [6.45, 7) is 4.83. The number of amidine groups is 2. The molecule has 1 atom stereocenters. The summed E-state index contributed by atoms with van der Waals surface area (Å²) >= 11 is 0. The highest BCUT2D eigenvalue weighted by atomic mass is 19.1. The largest absolute Gasteiger partial charge is 0.368 e. The molecule has 44 heavy (non-hydrogen) atoms. The maximum Gasteiger partial charge on any atom is 0.179 e. The molecule has 0 spiro atoms. The van der Waals surface area contributed by atoms with Crippen molar-refractivity contribution in [2.45, 2.75) is 13.0 Å². The number of fused-ring (bicyclic) bond motifs is 4. The van der Waals surface area contributed by atoms with Crippen LogP contribution in [0.4, 0.5) is 31.7 Å². The molecule has 218 valence electrons. The van der Waals surface area contributed by atoms with E-state index in [1.54, 1.807) is 6.07 Å². The van der Waals surface area contributed by atoms with Crippen molar-refractivity contribution in [3.05, 3.63) is 132 Å². The quantitative estimate of drug-likeness (QED) is 0.230. The smallest absolute Gasteiger partial charge is 0.179 e. The van der Waals surface area contributed by atoms with E-state index in [0.29, 0.717) is 30.3 Å². The van der Waals surface area contributed by atoms with Gasteiger partial charge in [0.05, 0.1) is 28.8 Å². The predicted octanol–water partition coefficient (Wildman–Crippen LogP) is 6.96. The molecule has 1 aromatic heterocycles. The van der Waals surface area contributed by atoms with Gasteiger partial charge in [-0.15, -0.1) is 0 Å². The van der Waals surface area contributed by atoms with E-state index in [0.717, 1.165) is 52.9 Å². The Morgan fingerprint density at radius 3 is 2.11 bits per heavy atom. The van der Waals surface area contributed by atoms with Crippen LogP contribution in [0.5, 0.6) is 0 Å². The Morgan fingerprint density at radius 1 is 0.659 bits per heavy atom. The van der Waals surface area contributed by atoms with E-state index in [1.807, 2.05) is 90.5 Å². The molecule has 4 aromatic carbocycles. The molecule has 1 fully saturated rings. The van der Waals surface area contributed by atoms with E-state index in [2.05, 4.69) is 14.7 Å². The van der Waals surface area contributed by atoms with Gasteiger partial charge in [-0.25, -0.2) is 23.4 Å². The standard InChI is InChI=1S/C35H29F2N7/c1-23-31-32(27-11-5-6-12-28(27)37)43-30-14-8-7-13-29(30)38-34(35(43)39-33(31)44(40-23)26-9-3-2-4-10-26)42-21-19-41(20-22-42)25-17-15-24(36)16-18-25/h2-18,32H,19-22H2,1H3/t32-/m0/s1. The maximum absolute atomic E-state index is 15.8. The van der Waals surface area contributed by atoms with Crippen molar-refractivity contribution in [2.24, 2.45) is 9.98 Å². The molecule has 0 saturated carbocycles. The van der Waals surface area contributed by atoms with Gasteiger partial charge in [0.1, 0.15) is 11.6 Å². The highest BCUT2D eigenvalue weighted by molar-refractivity contribution is 6.48. The third-order valence-electron chi connectivity index (χ3n) is 8.59. The van der Waals surface area contributed by atoms with Crippen LogP contribution in [0.3, 0.4) is 0 Å². The molecular formula is C35H29F2N7. The molecular weight excluding hydrogens is 556 g/mol. The van der Waals surface area contributed by atoms with Gasteiger partial charge < -0.3 is 14.7 Å². The van der Waals surface area contributed by atoms with Crippen molar-refractivity contribution < 1.29 is 8.78 Å². The number of para-hydroxylation sites is 3. The molecule has 0 radical (unpaired) electrons. The second-order valence-corrected chi connectivity index (χ2v) is 11.2. The molecule has 3 aliphatic heterocycles. The molecule has 0 amide bonds. The third-order valence-corrected chi connectivity index (χ3v) is 8.59. The number of nitrogens with zero attached hydrogens (tertiary/aromatic N) is 7. The van der Waals surface area contributed by atoms with Crippen LogP contribution in [0.25, 0.3) is 5.69 Å². The Balaban J connectivity index is 1.28. The van der Waals surface area contributed by atoms with Crippen LogP contribution < -0.4 is 9.80 Å². The van der Waals surface area contributed by atoms with E-state index in [4.69, 9.17) is 15.1 Å². The number of hydrogen-bond donors (Lipinski definition) is 0. The number of aromatic nitrogens is 2. The van der Waals surface area contributed by atoms with E-state index < -0.39 is 6.04 Å². The van der Waals surface area contributed by atoms with Gasteiger partial charge >= 0.3 is 0 Å². The minimum Gasteiger partial charge on any atom is -0.368 e. The fourth-order valence-corrected chi connectivity index (χ4v) is 6.48. The van der Waals surface area contributed by atoms with E-state index in [-0.39, 0.29) is 11.6 Å². The van der Waals surface area contributed by atoms with Gasteiger partial charge in [-0.2, -0.15) is 5.10 Å². The Labute approximate surface area is 254 Å². The highest BCUT2D eigenvalue weighted by Gasteiger charge is 2.43. The second kappa shape index (κ2) is 10.4. The SMILES string of the molecule is Cc1nn(-c2ccccc2)c2c1[C@H](c1ccccc1F)N1C(=N2)C(N2CCN(c3ccc(F)cc3)CC2)=Nc2ccccc21. The van der Waals surface area contributed by atoms with Crippen molar-refractivity contribution >= 4 is 34.6 Å². The van der Waals surface area contributed by atoms with Gasteiger partial charge in [0.25, 0.3) is 0 Å². The molecule has 3 aliphatic rings. The van der Waals surface area contributed by atoms with Gasteiger partial charge in [0, 0.05) is 43.0 Å². The van der Waals surface area contributed by atoms with Crippen LogP contribution in [-0.2, 0) is 0 Å². The Hall–Kier alpha value is -5.31. The minimum absolute atomic E-state index is 0.244. The van der Waals surface area contributed by atoms with Crippen LogP contribution in [0.2, 0.25) is 0 Å².